The van der Waals surface area contributed by atoms with Gasteiger partial charge in [0.1, 0.15) is 5.76 Å². The van der Waals surface area contributed by atoms with Crippen molar-refractivity contribution in [3.8, 4) is 0 Å². The molecule has 0 saturated heterocycles. The first-order valence-corrected chi connectivity index (χ1v) is 6.57. The maximum atomic E-state index is 11.9. The van der Waals surface area contributed by atoms with Crippen LogP contribution in [0.5, 0.6) is 0 Å². The van der Waals surface area contributed by atoms with Crippen molar-refractivity contribution >= 4 is 29.4 Å². The van der Waals surface area contributed by atoms with Gasteiger partial charge in [-0.3, -0.25) is 0 Å². The Labute approximate surface area is 122 Å². The van der Waals surface area contributed by atoms with Crippen molar-refractivity contribution in [3.05, 3.63) is 82.4 Å². The van der Waals surface area contributed by atoms with E-state index in [0.29, 0.717) is 16.4 Å². The van der Waals surface area contributed by atoms with Crippen LogP contribution in [0.1, 0.15) is 11.1 Å². The normalized spacial score (nSPS) is 16.1. The van der Waals surface area contributed by atoms with Gasteiger partial charge in [-0.2, -0.15) is 0 Å². The van der Waals surface area contributed by atoms with Crippen LogP contribution in [0, 0.1) is 0 Å². The highest BCUT2D eigenvalue weighted by Crippen LogP contribution is 2.27. The highest BCUT2D eigenvalue weighted by molar-refractivity contribution is 6.30. The van der Waals surface area contributed by atoms with E-state index < -0.39 is 0 Å². The molecule has 0 aliphatic carbocycles. The quantitative estimate of drug-likeness (QED) is 0.606. The van der Waals surface area contributed by atoms with E-state index in [9.17, 15) is 4.79 Å². The maximum Gasteiger partial charge on any atom is 0.343 e. The van der Waals surface area contributed by atoms with Crippen LogP contribution in [-0.2, 0) is 9.53 Å². The summed E-state index contributed by atoms with van der Waals surface area (Å²) in [7, 11) is 0. The summed E-state index contributed by atoms with van der Waals surface area (Å²) in [5.74, 6) is 0.229. The van der Waals surface area contributed by atoms with Gasteiger partial charge in [0.25, 0.3) is 0 Å². The van der Waals surface area contributed by atoms with E-state index in [2.05, 4.69) is 0 Å². The molecule has 1 heterocycles. The van der Waals surface area contributed by atoms with Crippen LogP contribution in [-0.4, -0.2) is 5.97 Å². The molecule has 0 N–H and O–H groups in total. The van der Waals surface area contributed by atoms with Gasteiger partial charge in [-0.05, 0) is 29.8 Å². The molecule has 1 aliphatic heterocycles. The van der Waals surface area contributed by atoms with Gasteiger partial charge >= 0.3 is 5.97 Å². The van der Waals surface area contributed by atoms with Crippen molar-refractivity contribution in [2.24, 2.45) is 0 Å². The zero-order valence-corrected chi connectivity index (χ0v) is 11.3. The SMILES string of the molecule is O=C1OC(c2ccccc2)=C/C1=C/c1cccc(Cl)c1. The van der Waals surface area contributed by atoms with Crippen LogP contribution in [0.4, 0.5) is 0 Å². The topological polar surface area (TPSA) is 26.3 Å². The monoisotopic (exact) mass is 282 g/mol. The number of hydrogen-bond donors (Lipinski definition) is 0. The van der Waals surface area contributed by atoms with Crippen molar-refractivity contribution in [1.82, 2.24) is 0 Å². The molecule has 0 amide bonds. The van der Waals surface area contributed by atoms with Crippen molar-refractivity contribution in [2.75, 3.05) is 0 Å². The molecule has 3 heteroatoms. The Hall–Kier alpha value is -2.32. The number of hydrogen-bond acceptors (Lipinski definition) is 2. The maximum absolute atomic E-state index is 11.9. The summed E-state index contributed by atoms with van der Waals surface area (Å²) in [6, 6.07) is 16.9. The van der Waals surface area contributed by atoms with E-state index in [1.807, 2.05) is 42.5 Å². The summed E-state index contributed by atoms with van der Waals surface area (Å²) < 4.78 is 5.28. The van der Waals surface area contributed by atoms with Crippen LogP contribution in [0.25, 0.3) is 11.8 Å². The van der Waals surface area contributed by atoms with Crippen molar-refractivity contribution in [1.29, 1.82) is 0 Å². The Balaban J connectivity index is 1.95. The fourth-order valence-electron chi connectivity index (χ4n) is 2.01. The molecular weight excluding hydrogens is 272 g/mol. The molecule has 2 aromatic rings. The van der Waals surface area contributed by atoms with Gasteiger partial charge in [0.15, 0.2) is 0 Å². The molecule has 20 heavy (non-hydrogen) atoms. The first-order chi connectivity index (χ1) is 9.72. The summed E-state index contributed by atoms with van der Waals surface area (Å²) in [6.45, 7) is 0. The molecule has 0 radical (unpaired) electrons. The Morgan fingerprint density at radius 3 is 2.55 bits per heavy atom. The Kier molecular flexibility index (Phi) is 3.40. The van der Waals surface area contributed by atoms with E-state index in [4.69, 9.17) is 16.3 Å². The van der Waals surface area contributed by atoms with Gasteiger partial charge in [0, 0.05) is 10.6 Å². The van der Waals surface area contributed by atoms with Gasteiger partial charge in [0.2, 0.25) is 0 Å². The third kappa shape index (κ3) is 2.65. The number of rotatable bonds is 2. The standard InChI is InChI=1S/C17H11ClO2/c18-15-8-4-5-12(10-15)9-14-11-16(20-17(14)19)13-6-2-1-3-7-13/h1-11H/b14-9-. The average Bonchev–Trinajstić information content (AvgIpc) is 2.81. The molecule has 0 unspecified atom stereocenters. The summed E-state index contributed by atoms with van der Waals surface area (Å²) in [4.78, 5) is 11.9. The lowest BCUT2D eigenvalue weighted by molar-refractivity contribution is -0.130. The van der Waals surface area contributed by atoms with Crippen LogP contribution in [0.2, 0.25) is 5.02 Å². The molecule has 2 nitrogen and oxygen atoms in total. The number of ether oxygens (including phenoxy) is 1. The van der Waals surface area contributed by atoms with Gasteiger partial charge in [-0.15, -0.1) is 0 Å². The summed E-state index contributed by atoms with van der Waals surface area (Å²) in [6.07, 6.45) is 3.52. The number of cyclic esters (lactones) is 1. The lowest BCUT2D eigenvalue weighted by Crippen LogP contribution is -1.97. The third-order valence-corrected chi connectivity index (χ3v) is 3.19. The van der Waals surface area contributed by atoms with Crippen LogP contribution in [0.3, 0.4) is 0 Å². The zero-order valence-electron chi connectivity index (χ0n) is 10.5. The Morgan fingerprint density at radius 1 is 1.00 bits per heavy atom. The van der Waals surface area contributed by atoms with E-state index >= 15 is 0 Å². The minimum Gasteiger partial charge on any atom is -0.422 e. The lowest BCUT2D eigenvalue weighted by atomic mass is 10.1. The van der Waals surface area contributed by atoms with Gasteiger partial charge in [-0.25, -0.2) is 4.79 Å². The average molecular weight is 283 g/mol. The molecule has 0 fully saturated rings. The number of esters is 1. The first-order valence-electron chi connectivity index (χ1n) is 6.19. The molecule has 0 atom stereocenters. The van der Waals surface area contributed by atoms with Gasteiger partial charge in [-0.1, -0.05) is 54.1 Å². The molecular formula is C17H11ClO2. The summed E-state index contributed by atoms with van der Waals surface area (Å²) in [5, 5.41) is 0.637. The highest BCUT2D eigenvalue weighted by Gasteiger charge is 2.21. The number of carbonyl (C=O) groups is 1. The van der Waals surface area contributed by atoms with Crippen molar-refractivity contribution in [2.45, 2.75) is 0 Å². The summed E-state index contributed by atoms with van der Waals surface area (Å²) in [5.41, 5.74) is 2.27. The van der Waals surface area contributed by atoms with Crippen LogP contribution >= 0.6 is 11.6 Å². The summed E-state index contributed by atoms with van der Waals surface area (Å²) >= 11 is 5.93. The number of benzene rings is 2. The van der Waals surface area contributed by atoms with Crippen molar-refractivity contribution < 1.29 is 9.53 Å². The van der Waals surface area contributed by atoms with Gasteiger partial charge < -0.3 is 4.74 Å². The second-order valence-corrected chi connectivity index (χ2v) is 4.86. The second-order valence-electron chi connectivity index (χ2n) is 4.42. The molecule has 0 bridgehead atoms. The minimum absolute atomic E-state index is 0.344. The fraction of sp³-hybridized carbons (Fsp3) is 0. The lowest BCUT2D eigenvalue weighted by Gasteiger charge is -2.00. The molecule has 0 spiro atoms. The largest absolute Gasteiger partial charge is 0.422 e. The smallest absolute Gasteiger partial charge is 0.343 e. The van der Waals surface area contributed by atoms with E-state index in [1.165, 1.54) is 0 Å². The van der Waals surface area contributed by atoms with E-state index in [-0.39, 0.29) is 5.97 Å². The Bertz CT molecular complexity index is 715. The van der Waals surface area contributed by atoms with E-state index in [0.717, 1.165) is 11.1 Å². The highest BCUT2D eigenvalue weighted by atomic mass is 35.5. The van der Waals surface area contributed by atoms with Crippen LogP contribution < -0.4 is 0 Å². The first kappa shape index (κ1) is 12.7. The predicted molar refractivity (Wildman–Crippen MR) is 79.9 cm³/mol. The number of carbonyl (C=O) groups excluding carboxylic acids is 1. The molecule has 0 aromatic heterocycles. The Morgan fingerprint density at radius 2 is 1.80 bits per heavy atom. The van der Waals surface area contributed by atoms with Crippen LogP contribution in [0.15, 0.2) is 66.2 Å². The zero-order chi connectivity index (χ0) is 13.9. The third-order valence-electron chi connectivity index (χ3n) is 2.95. The molecule has 0 saturated carbocycles. The predicted octanol–water partition coefficient (Wildman–Crippen LogP) is 4.32. The minimum atomic E-state index is -0.344. The number of halogens is 1. The molecule has 98 valence electrons. The molecule has 1 aliphatic rings. The molecule has 2 aromatic carbocycles. The second kappa shape index (κ2) is 5.35. The van der Waals surface area contributed by atoms with E-state index in [1.54, 1.807) is 24.3 Å². The van der Waals surface area contributed by atoms with Crippen molar-refractivity contribution in [3.63, 3.8) is 0 Å². The fourth-order valence-corrected chi connectivity index (χ4v) is 2.21. The molecule has 3 rings (SSSR count). The van der Waals surface area contributed by atoms with Gasteiger partial charge in [0.05, 0.1) is 5.57 Å².